The lowest BCUT2D eigenvalue weighted by Crippen LogP contribution is -2.46. The molecular weight excluding hydrogens is 238 g/mol. The number of hydrogen-bond acceptors (Lipinski definition) is 3. The molecule has 1 aliphatic heterocycles. The Labute approximate surface area is 114 Å². The van der Waals surface area contributed by atoms with Gasteiger partial charge in [0.15, 0.2) is 0 Å². The second-order valence-electron chi connectivity index (χ2n) is 5.70. The minimum Gasteiger partial charge on any atom is -0.384 e. The molecular formula is C16H21NO2. The highest BCUT2D eigenvalue weighted by Gasteiger charge is 2.50. The van der Waals surface area contributed by atoms with E-state index < -0.39 is 11.0 Å². The minimum atomic E-state index is -1.15. The van der Waals surface area contributed by atoms with E-state index in [2.05, 4.69) is 6.07 Å². The molecule has 19 heavy (non-hydrogen) atoms. The average molecular weight is 259 g/mol. The molecule has 0 saturated carbocycles. The van der Waals surface area contributed by atoms with Crippen molar-refractivity contribution in [3.05, 3.63) is 34.9 Å². The minimum absolute atomic E-state index is 0.536. The lowest BCUT2D eigenvalue weighted by Gasteiger charge is -2.43. The lowest BCUT2D eigenvalue weighted by atomic mass is 9.65. The van der Waals surface area contributed by atoms with E-state index in [0.29, 0.717) is 26.1 Å². The SMILES string of the molecule is Cc1ccc(C)c(C(C)(O)C2(C#N)CCOCC2)c1. The fourth-order valence-corrected chi connectivity index (χ4v) is 2.95. The van der Waals surface area contributed by atoms with Gasteiger partial charge in [-0.25, -0.2) is 0 Å². The molecule has 102 valence electrons. The van der Waals surface area contributed by atoms with Crippen molar-refractivity contribution in [2.45, 2.75) is 39.2 Å². The molecule has 0 aromatic heterocycles. The Hall–Kier alpha value is -1.37. The second kappa shape index (κ2) is 4.96. The predicted octanol–water partition coefficient (Wildman–Crippen LogP) is 2.83. The Kier molecular flexibility index (Phi) is 3.66. The maximum atomic E-state index is 11.1. The second-order valence-corrected chi connectivity index (χ2v) is 5.70. The highest BCUT2D eigenvalue weighted by Crippen LogP contribution is 2.47. The van der Waals surface area contributed by atoms with Crippen molar-refractivity contribution in [1.29, 1.82) is 5.26 Å². The molecule has 0 spiro atoms. The molecule has 1 unspecified atom stereocenters. The van der Waals surface area contributed by atoms with Gasteiger partial charge >= 0.3 is 0 Å². The molecule has 1 aliphatic rings. The van der Waals surface area contributed by atoms with Crippen molar-refractivity contribution >= 4 is 0 Å². The predicted molar refractivity (Wildman–Crippen MR) is 73.6 cm³/mol. The van der Waals surface area contributed by atoms with Crippen LogP contribution < -0.4 is 0 Å². The first-order chi connectivity index (χ1) is 8.93. The molecule has 1 heterocycles. The first kappa shape index (κ1) is 14.0. The van der Waals surface area contributed by atoms with Crippen LogP contribution in [0.1, 0.15) is 36.5 Å². The van der Waals surface area contributed by atoms with E-state index in [0.717, 1.165) is 16.7 Å². The molecule has 3 heteroatoms. The van der Waals surface area contributed by atoms with E-state index in [1.807, 2.05) is 32.0 Å². The zero-order chi connectivity index (χ0) is 14.1. The Morgan fingerprint density at radius 2 is 1.95 bits per heavy atom. The lowest BCUT2D eigenvalue weighted by molar-refractivity contribution is -0.0978. The summed E-state index contributed by atoms with van der Waals surface area (Å²) in [6, 6.07) is 8.39. The Morgan fingerprint density at radius 3 is 2.53 bits per heavy atom. The van der Waals surface area contributed by atoms with Crippen LogP contribution in [0.15, 0.2) is 18.2 Å². The maximum Gasteiger partial charge on any atom is 0.106 e. The van der Waals surface area contributed by atoms with E-state index in [4.69, 9.17) is 4.74 Å². The number of hydrogen-bond donors (Lipinski definition) is 1. The Morgan fingerprint density at radius 1 is 1.32 bits per heavy atom. The maximum absolute atomic E-state index is 11.1. The molecule has 1 saturated heterocycles. The molecule has 1 fully saturated rings. The number of nitrogens with zero attached hydrogens (tertiary/aromatic N) is 1. The van der Waals surface area contributed by atoms with Gasteiger partial charge in [0.2, 0.25) is 0 Å². The Balaban J connectivity index is 2.51. The van der Waals surface area contributed by atoms with Gasteiger partial charge in [0.25, 0.3) is 0 Å². The highest BCUT2D eigenvalue weighted by molar-refractivity contribution is 5.38. The number of rotatable bonds is 2. The molecule has 1 aromatic rings. The highest BCUT2D eigenvalue weighted by atomic mass is 16.5. The summed E-state index contributed by atoms with van der Waals surface area (Å²) in [5.74, 6) is 0. The molecule has 0 aliphatic carbocycles. The number of benzene rings is 1. The van der Waals surface area contributed by atoms with Gasteiger partial charge in [-0.1, -0.05) is 23.8 Å². The third-order valence-electron chi connectivity index (χ3n) is 4.41. The van der Waals surface area contributed by atoms with Crippen LogP contribution in [0.5, 0.6) is 0 Å². The van der Waals surface area contributed by atoms with Crippen LogP contribution in [-0.2, 0) is 10.3 Å². The van der Waals surface area contributed by atoms with Crippen molar-refractivity contribution in [3.8, 4) is 6.07 Å². The molecule has 0 bridgehead atoms. The van der Waals surface area contributed by atoms with Crippen molar-refractivity contribution in [3.63, 3.8) is 0 Å². The van der Waals surface area contributed by atoms with Gasteiger partial charge in [-0.3, -0.25) is 0 Å². The molecule has 1 atom stereocenters. The van der Waals surface area contributed by atoms with Gasteiger partial charge in [0.1, 0.15) is 5.60 Å². The van der Waals surface area contributed by atoms with E-state index in [1.165, 1.54) is 0 Å². The molecule has 1 N–H and O–H groups in total. The van der Waals surface area contributed by atoms with E-state index in [9.17, 15) is 10.4 Å². The van der Waals surface area contributed by atoms with Crippen LogP contribution in [0.4, 0.5) is 0 Å². The van der Waals surface area contributed by atoms with E-state index in [1.54, 1.807) is 6.92 Å². The van der Waals surface area contributed by atoms with Crippen LogP contribution >= 0.6 is 0 Å². The van der Waals surface area contributed by atoms with Crippen LogP contribution in [-0.4, -0.2) is 18.3 Å². The monoisotopic (exact) mass is 259 g/mol. The fraction of sp³-hybridized carbons (Fsp3) is 0.562. The number of ether oxygens (including phenoxy) is 1. The molecule has 1 aromatic carbocycles. The topological polar surface area (TPSA) is 53.2 Å². The summed E-state index contributed by atoms with van der Waals surface area (Å²) in [6.07, 6.45) is 1.15. The summed E-state index contributed by atoms with van der Waals surface area (Å²) in [6.45, 7) is 6.82. The summed E-state index contributed by atoms with van der Waals surface area (Å²) < 4.78 is 5.35. The van der Waals surface area contributed by atoms with Gasteiger partial charge in [-0.15, -0.1) is 0 Å². The average Bonchev–Trinajstić information content (AvgIpc) is 2.42. The quantitative estimate of drug-likeness (QED) is 0.888. The molecule has 0 amide bonds. The summed E-state index contributed by atoms with van der Waals surface area (Å²) in [5.41, 5.74) is 1.07. The Bertz CT molecular complexity index is 508. The first-order valence-corrected chi connectivity index (χ1v) is 6.72. The molecule has 0 radical (unpaired) electrons. The van der Waals surface area contributed by atoms with Crippen molar-refractivity contribution in [2.24, 2.45) is 5.41 Å². The van der Waals surface area contributed by atoms with Crippen LogP contribution in [0.3, 0.4) is 0 Å². The summed E-state index contributed by atoms with van der Waals surface area (Å²) in [7, 11) is 0. The number of nitriles is 1. The third kappa shape index (κ3) is 2.27. The summed E-state index contributed by atoms with van der Waals surface area (Å²) in [4.78, 5) is 0. The van der Waals surface area contributed by atoms with Crippen molar-refractivity contribution < 1.29 is 9.84 Å². The van der Waals surface area contributed by atoms with Crippen LogP contribution in [0, 0.1) is 30.6 Å². The number of aliphatic hydroxyl groups is 1. The van der Waals surface area contributed by atoms with Crippen LogP contribution in [0.2, 0.25) is 0 Å². The zero-order valence-corrected chi connectivity index (χ0v) is 11.9. The normalized spacial score (nSPS) is 21.4. The van der Waals surface area contributed by atoms with Gasteiger partial charge in [0.05, 0.1) is 11.5 Å². The van der Waals surface area contributed by atoms with Crippen LogP contribution in [0.25, 0.3) is 0 Å². The van der Waals surface area contributed by atoms with E-state index in [-0.39, 0.29) is 0 Å². The van der Waals surface area contributed by atoms with Crippen molar-refractivity contribution in [1.82, 2.24) is 0 Å². The largest absolute Gasteiger partial charge is 0.384 e. The summed E-state index contributed by atoms with van der Waals surface area (Å²) in [5, 5.41) is 20.7. The molecule has 2 rings (SSSR count). The van der Waals surface area contributed by atoms with Gasteiger partial charge in [0, 0.05) is 13.2 Å². The number of aryl methyl sites for hydroxylation is 2. The fourth-order valence-electron chi connectivity index (χ4n) is 2.95. The van der Waals surface area contributed by atoms with Gasteiger partial charge < -0.3 is 9.84 Å². The molecule has 3 nitrogen and oxygen atoms in total. The first-order valence-electron chi connectivity index (χ1n) is 6.72. The standard InChI is InChI=1S/C16H21NO2/c1-12-4-5-13(2)14(10-12)15(3,18)16(11-17)6-8-19-9-7-16/h4-5,10,18H,6-9H2,1-3H3. The van der Waals surface area contributed by atoms with E-state index >= 15 is 0 Å². The van der Waals surface area contributed by atoms with Gasteiger partial charge in [-0.05, 0) is 44.7 Å². The summed E-state index contributed by atoms with van der Waals surface area (Å²) >= 11 is 0. The van der Waals surface area contributed by atoms with Gasteiger partial charge in [-0.2, -0.15) is 5.26 Å². The smallest absolute Gasteiger partial charge is 0.106 e. The third-order valence-corrected chi connectivity index (χ3v) is 4.41. The zero-order valence-electron chi connectivity index (χ0n) is 11.9. The van der Waals surface area contributed by atoms with Crippen molar-refractivity contribution in [2.75, 3.05) is 13.2 Å².